The minimum Gasteiger partial charge on any atom is -0.348 e. The summed E-state index contributed by atoms with van der Waals surface area (Å²) in [6.45, 7) is 3.63. The summed E-state index contributed by atoms with van der Waals surface area (Å²) in [7, 11) is 0. The van der Waals surface area contributed by atoms with E-state index in [9.17, 15) is 4.39 Å². The SMILES string of the molecule is CCC/C=C/C1COC(c2ccc(CCC3CC=C(F)CC3)cc2)OC1. The quantitative estimate of drug-likeness (QED) is 0.533. The predicted octanol–water partition coefficient (Wildman–Crippen LogP) is 6.29. The van der Waals surface area contributed by atoms with Crippen LogP contribution < -0.4 is 0 Å². The number of unbranched alkanes of at least 4 members (excludes halogenated alkanes) is 1. The minimum absolute atomic E-state index is 0.0705. The van der Waals surface area contributed by atoms with Crippen molar-refractivity contribution in [2.75, 3.05) is 13.2 Å². The summed E-state index contributed by atoms with van der Waals surface area (Å²) in [6, 6.07) is 8.59. The van der Waals surface area contributed by atoms with Crippen molar-refractivity contribution < 1.29 is 13.9 Å². The van der Waals surface area contributed by atoms with Gasteiger partial charge in [-0.1, -0.05) is 55.8 Å². The Bertz CT molecular complexity index is 597. The van der Waals surface area contributed by atoms with Crippen LogP contribution >= 0.6 is 0 Å². The molecular formula is C23H31FO2. The molecule has 26 heavy (non-hydrogen) atoms. The van der Waals surface area contributed by atoms with E-state index in [0.717, 1.165) is 50.9 Å². The first-order valence-electron chi connectivity index (χ1n) is 10.1. The van der Waals surface area contributed by atoms with E-state index in [2.05, 4.69) is 43.3 Å². The standard InChI is InChI=1S/C23H31FO2/c1-2-3-4-5-20-16-25-23(26-17-20)21-12-8-18(9-13-21)6-7-19-10-14-22(24)15-11-19/h4-5,8-9,12-14,19-20,23H,2-3,6-7,10-11,15-17H2,1H3/b5-4+. The smallest absolute Gasteiger partial charge is 0.183 e. The Morgan fingerprint density at radius 2 is 1.92 bits per heavy atom. The average molecular weight is 358 g/mol. The average Bonchev–Trinajstić information content (AvgIpc) is 2.69. The predicted molar refractivity (Wildman–Crippen MR) is 103 cm³/mol. The van der Waals surface area contributed by atoms with Crippen molar-refractivity contribution in [3.63, 3.8) is 0 Å². The largest absolute Gasteiger partial charge is 0.348 e. The number of hydrogen-bond donors (Lipinski definition) is 0. The number of halogens is 1. The van der Waals surface area contributed by atoms with Gasteiger partial charge in [0.15, 0.2) is 6.29 Å². The highest BCUT2D eigenvalue weighted by molar-refractivity contribution is 5.24. The monoisotopic (exact) mass is 358 g/mol. The van der Waals surface area contributed by atoms with Crippen LogP contribution in [-0.2, 0) is 15.9 Å². The highest BCUT2D eigenvalue weighted by Gasteiger charge is 2.22. The summed E-state index contributed by atoms with van der Waals surface area (Å²) in [4.78, 5) is 0. The van der Waals surface area contributed by atoms with Gasteiger partial charge in [0.2, 0.25) is 0 Å². The summed E-state index contributed by atoms with van der Waals surface area (Å²) < 4.78 is 24.9. The van der Waals surface area contributed by atoms with E-state index in [4.69, 9.17) is 9.47 Å². The summed E-state index contributed by atoms with van der Waals surface area (Å²) in [5, 5.41) is 0. The van der Waals surface area contributed by atoms with Gasteiger partial charge >= 0.3 is 0 Å². The van der Waals surface area contributed by atoms with Crippen LogP contribution in [0.1, 0.15) is 62.9 Å². The number of rotatable bonds is 7. The molecule has 1 unspecified atom stereocenters. The fraction of sp³-hybridized carbons (Fsp3) is 0.565. The van der Waals surface area contributed by atoms with E-state index >= 15 is 0 Å². The van der Waals surface area contributed by atoms with Gasteiger partial charge in [-0.05, 0) is 50.0 Å². The van der Waals surface area contributed by atoms with Crippen molar-refractivity contribution in [2.45, 2.75) is 58.2 Å². The third kappa shape index (κ3) is 5.78. The van der Waals surface area contributed by atoms with E-state index in [1.807, 2.05) is 0 Å². The Hall–Kier alpha value is -1.45. The maximum atomic E-state index is 13.1. The molecule has 1 aromatic rings. The second-order valence-electron chi connectivity index (χ2n) is 7.55. The van der Waals surface area contributed by atoms with Crippen LogP contribution in [0.5, 0.6) is 0 Å². The number of aryl methyl sites for hydroxylation is 1. The molecular weight excluding hydrogens is 327 g/mol. The molecule has 1 aliphatic heterocycles. The number of benzene rings is 1. The van der Waals surface area contributed by atoms with E-state index < -0.39 is 0 Å². The Balaban J connectivity index is 1.43. The van der Waals surface area contributed by atoms with Gasteiger partial charge in [-0.3, -0.25) is 0 Å². The van der Waals surface area contributed by atoms with E-state index in [1.54, 1.807) is 6.08 Å². The van der Waals surface area contributed by atoms with Crippen LogP contribution in [0.3, 0.4) is 0 Å². The third-order valence-corrected chi connectivity index (χ3v) is 5.34. The van der Waals surface area contributed by atoms with Gasteiger partial charge in [-0.25, -0.2) is 4.39 Å². The van der Waals surface area contributed by atoms with Crippen LogP contribution in [-0.4, -0.2) is 13.2 Å². The lowest BCUT2D eigenvalue weighted by molar-refractivity contribution is -0.197. The van der Waals surface area contributed by atoms with Crippen LogP contribution in [0.2, 0.25) is 0 Å². The van der Waals surface area contributed by atoms with E-state index in [1.165, 1.54) is 12.0 Å². The second-order valence-corrected chi connectivity index (χ2v) is 7.55. The van der Waals surface area contributed by atoms with Crippen LogP contribution in [0.15, 0.2) is 48.3 Å². The Morgan fingerprint density at radius 3 is 2.58 bits per heavy atom. The second kappa shape index (κ2) is 10.0. The molecule has 0 amide bonds. The molecule has 1 aliphatic carbocycles. The zero-order chi connectivity index (χ0) is 18.2. The lowest BCUT2D eigenvalue weighted by Gasteiger charge is -2.28. The van der Waals surface area contributed by atoms with E-state index in [-0.39, 0.29) is 12.1 Å². The normalized spacial score (nSPS) is 26.8. The number of hydrogen-bond acceptors (Lipinski definition) is 2. The molecule has 0 aromatic heterocycles. The molecule has 1 atom stereocenters. The van der Waals surface area contributed by atoms with Gasteiger partial charge in [-0.2, -0.15) is 0 Å². The maximum absolute atomic E-state index is 13.1. The summed E-state index contributed by atoms with van der Waals surface area (Å²) in [5.74, 6) is 1.06. The molecule has 0 bridgehead atoms. The van der Waals surface area contributed by atoms with Gasteiger partial charge in [0.1, 0.15) is 0 Å². The van der Waals surface area contributed by atoms with Gasteiger partial charge in [0.05, 0.1) is 19.0 Å². The van der Waals surface area contributed by atoms with Crippen LogP contribution in [0.25, 0.3) is 0 Å². The fourth-order valence-corrected chi connectivity index (χ4v) is 3.61. The highest BCUT2D eigenvalue weighted by Crippen LogP contribution is 2.29. The Morgan fingerprint density at radius 1 is 1.15 bits per heavy atom. The number of allylic oxidation sites excluding steroid dienone is 3. The van der Waals surface area contributed by atoms with Crippen molar-refractivity contribution in [1.82, 2.24) is 0 Å². The first-order valence-corrected chi connectivity index (χ1v) is 10.1. The van der Waals surface area contributed by atoms with Gasteiger partial charge < -0.3 is 9.47 Å². The molecule has 1 aromatic carbocycles. The Labute approximate surface area is 157 Å². The molecule has 0 saturated carbocycles. The molecule has 2 aliphatic rings. The Kier molecular flexibility index (Phi) is 7.45. The molecule has 1 fully saturated rings. The molecule has 3 heteroatoms. The minimum atomic E-state index is -0.244. The molecule has 1 saturated heterocycles. The van der Waals surface area contributed by atoms with Gasteiger partial charge in [-0.15, -0.1) is 0 Å². The molecule has 2 nitrogen and oxygen atoms in total. The van der Waals surface area contributed by atoms with Crippen LogP contribution in [0, 0.1) is 11.8 Å². The van der Waals surface area contributed by atoms with Gasteiger partial charge in [0.25, 0.3) is 0 Å². The van der Waals surface area contributed by atoms with Crippen molar-refractivity contribution >= 4 is 0 Å². The summed E-state index contributed by atoms with van der Waals surface area (Å²) in [6.07, 6.45) is 12.9. The van der Waals surface area contributed by atoms with Crippen LogP contribution in [0.4, 0.5) is 4.39 Å². The first kappa shape index (κ1) is 19.3. The molecule has 1 heterocycles. The van der Waals surface area contributed by atoms with Crippen molar-refractivity contribution in [3.05, 3.63) is 59.4 Å². The molecule has 0 radical (unpaired) electrons. The topological polar surface area (TPSA) is 18.5 Å². The third-order valence-electron chi connectivity index (χ3n) is 5.34. The summed E-state index contributed by atoms with van der Waals surface area (Å²) in [5.41, 5.74) is 2.42. The van der Waals surface area contributed by atoms with Crippen molar-refractivity contribution in [3.8, 4) is 0 Å². The highest BCUT2D eigenvalue weighted by atomic mass is 19.1. The maximum Gasteiger partial charge on any atom is 0.183 e. The van der Waals surface area contributed by atoms with Crippen molar-refractivity contribution in [2.24, 2.45) is 11.8 Å². The lowest BCUT2D eigenvalue weighted by atomic mass is 9.88. The summed E-state index contributed by atoms with van der Waals surface area (Å²) >= 11 is 0. The first-order chi connectivity index (χ1) is 12.7. The van der Waals surface area contributed by atoms with Gasteiger partial charge in [0, 0.05) is 11.5 Å². The molecule has 3 rings (SSSR count). The number of ether oxygens (including phenoxy) is 2. The lowest BCUT2D eigenvalue weighted by Crippen LogP contribution is -2.25. The zero-order valence-corrected chi connectivity index (χ0v) is 15.8. The van der Waals surface area contributed by atoms with E-state index in [0.29, 0.717) is 18.3 Å². The molecule has 0 spiro atoms. The molecule has 0 N–H and O–H groups in total. The molecule has 142 valence electrons. The zero-order valence-electron chi connectivity index (χ0n) is 15.8. The van der Waals surface area contributed by atoms with Crippen molar-refractivity contribution in [1.29, 1.82) is 0 Å². The fourth-order valence-electron chi connectivity index (χ4n) is 3.61.